The van der Waals surface area contributed by atoms with Crippen LogP contribution < -0.4 is 5.73 Å². The van der Waals surface area contributed by atoms with E-state index in [1.807, 2.05) is 17.8 Å². The van der Waals surface area contributed by atoms with Gasteiger partial charge in [-0.2, -0.15) is 11.8 Å². The third-order valence-electron chi connectivity index (χ3n) is 2.42. The SMILES string of the molecule is CCCCCSCC(N)c1ccccc1. The summed E-state index contributed by atoms with van der Waals surface area (Å²) in [5, 5.41) is 0. The fourth-order valence-electron chi connectivity index (χ4n) is 1.46. The summed E-state index contributed by atoms with van der Waals surface area (Å²) in [5.74, 6) is 2.28. The van der Waals surface area contributed by atoms with Crippen LogP contribution in [0.4, 0.5) is 0 Å². The Morgan fingerprint density at radius 1 is 1.20 bits per heavy atom. The minimum absolute atomic E-state index is 0.192. The van der Waals surface area contributed by atoms with Gasteiger partial charge in [0.15, 0.2) is 0 Å². The third-order valence-corrected chi connectivity index (χ3v) is 3.59. The Balaban J connectivity index is 2.16. The van der Waals surface area contributed by atoms with Gasteiger partial charge in [-0.05, 0) is 17.7 Å². The molecule has 0 saturated carbocycles. The van der Waals surface area contributed by atoms with Crippen molar-refractivity contribution in [1.29, 1.82) is 0 Å². The van der Waals surface area contributed by atoms with Gasteiger partial charge in [0.1, 0.15) is 0 Å². The lowest BCUT2D eigenvalue weighted by Crippen LogP contribution is -2.13. The number of rotatable bonds is 7. The van der Waals surface area contributed by atoms with Crippen LogP contribution in [0.1, 0.15) is 37.8 Å². The first kappa shape index (κ1) is 12.6. The lowest BCUT2D eigenvalue weighted by atomic mass is 10.1. The van der Waals surface area contributed by atoms with Gasteiger partial charge >= 0.3 is 0 Å². The van der Waals surface area contributed by atoms with E-state index in [2.05, 4.69) is 31.2 Å². The molecule has 1 unspecified atom stereocenters. The second-order valence-electron chi connectivity index (χ2n) is 3.80. The van der Waals surface area contributed by atoms with Crippen molar-refractivity contribution >= 4 is 11.8 Å². The van der Waals surface area contributed by atoms with Crippen molar-refractivity contribution in [3.63, 3.8) is 0 Å². The maximum absolute atomic E-state index is 6.09. The Kier molecular flexibility index (Phi) is 6.53. The quantitative estimate of drug-likeness (QED) is 0.715. The smallest absolute Gasteiger partial charge is 0.0386 e. The minimum Gasteiger partial charge on any atom is -0.323 e. The van der Waals surface area contributed by atoms with Crippen molar-refractivity contribution in [3.8, 4) is 0 Å². The van der Waals surface area contributed by atoms with Gasteiger partial charge in [-0.1, -0.05) is 50.1 Å². The standard InChI is InChI=1S/C13H21NS/c1-2-3-7-10-15-11-13(14)12-8-5-4-6-9-12/h4-6,8-9,13H,2-3,7,10-11,14H2,1H3. The highest BCUT2D eigenvalue weighted by Gasteiger charge is 2.04. The molecule has 0 amide bonds. The van der Waals surface area contributed by atoms with Crippen molar-refractivity contribution in [2.24, 2.45) is 5.73 Å². The fourth-order valence-corrected chi connectivity index (χ4v) is 2.48. The Hall–Kier alpha value is -0.470. The van der Waals surface area contributed by atoms with E-state index in [0.29, 0.717) is 0 Å². The largest absolute Gasteiger partial charge is 0.323 e. The van der Waals surface area contributed by atoms with Gasteiger partial charge in [0.2, 0.25) is 0 Å². The Labute approximate surface area is 97.4 Å². The van der Waals surface area contributed by atoms with Crippen molar-refractivity contribution in [2.75, 3.05) is 11.5 Å². The minimum atomic E-state index is 0.192. The lowest BCUT2D eigenvalue weighted by Gasteiger charge is -2.11. The summed E-state index contributed by atoms with van der Waals surface area (Å²) < 4.78 is 0. The Morgan fingerprint density at radius 2 is 1.93 bits per heavy atom. The van der Waals surface area contributed by atoms with Crippen LogP contribution in [0.25, 0.3) is 0 Å². The second kappa shape index (κ2) is 7.77. The second-order valence-corrected chi connectivity index (χ2v) is 4.95. The van der Waals surface area contributed by atoms with E-state index >= 15 is 0 Å². The van der Waals surface area contributed by atoms with Crippen molar-refractivity contribution in [3.05, 3.63) is 35.9 Å². The molecule has 0 aliphatic carbocycles. The molecule has 1 atom stereocenters. The first-order valence-electron chi connectivity index (χ1n) is 5.73. The van der Waals surface area contributed by atoms with Crippen LogP contribution in [0.15, 0.2) is 30.3 Å². The summed E-state index contributed by atoms with van der Waals surface area (Å²) >= 11 is 1.97. The van der Waals surface area contributed by atoms with Crippen LogP contribution in [0, 0.1) is 0 Å². The van der Waals surface area contributed by atoms with E-state index < -0.39 is 0 Å². The van der Waals surface area contributed by atoms with E-state index in [0.717, 1.165) is 5.75 Å². The molecule has 0 aliphatic rings. The van der Waals surface area contributed by atoms with E-state index in [1.54, 1.807) is 0 Å². The van der Waals surface area contributed by atoms with Gasteiger partial charge < -0.3 is 5.73 Å². The molecule has 1 aromatic carbocycles. The maximum Gasteiger partial charge on any atom is 0.0386 e. The number of benzene rings is 1. The number of nitrogens with two attached hydrogens (primary N) is 1. The number of thioether (sulfide) groups is 1. The highest BCUT2D eigenvalue weighted by Crippen LogP contribution is 2.16. The molecule has 0 bridgehead atoms. The van der Waals surface area contributed by atoms with Crippen LogP contribution in [0.5, 0.6) is 0 Å². The zero-order valence-electron chi connectivity index (χ0n) is 9.49. The zero-order chi connectivity index (χ0) is 10.9. The van der Waals surface area contributed by atoms with E-state index in [-0.39, 0.29) is 6.04 Å². The van der Waals surface area contributed by atoms with Crippen LogP contribution in [-0.4, -0.2) is 11.5 Å². The predicted octanol–water partition coefficient (Wildman–Crippen LogP) is 3.61. The Morgan fingerprint density at radius 3 is 2.60 bits per heavy atom. The average molecular weight is 223 g/mol. The summed E-state index contributed by atoms with van der Waals surface area (Å²) in [6, 6.07) is 10.5. The van der Waals surface area contributed by atoms with Crippen molar-refractivity contribution in [2.45, 2.75) is 32.2 Å². The topological polar surface area (TPSA) is 26.0 Å². The number of hydrogen-bond donors (Lipinski definition) is 1. The summed E-state index contributed by atoms with van der Waals surface area (Å²) in [6.45, 7) is 2.24. The van der Waals surface area contributed by atoms with E-state index in [9.17, 15) is 0 Å². The first-order valence-corrected chi connectivity index (χ1v) is 6.88. The van der Waals surface area contributed by atoms with Gasteiger partial charge in [0.25, 0.3) is 0 Å². The normalized spacial score (nSPS) is 12.7. The van der Waals surface area contributed by atoms with Crippen LogP contribution in [-0.2, 0) is 0 Å². The molecular formula is C13H21NS. The molecule has 0 heterocycles. The van der Waals surface area contributed by atoms with Gasteiger partial charge in [-0.25, -0.2) is 0 Å². The summed E-state index contributed by atoms with van der Waals surface area (Å²) in [4.78, 5) is 0. The van der Waals surface area contributed by atoms with Gasteiger partial charge in [-0.3, -0.25) is 0 Å². The molecule has 2 N–H and O–H groups in total. The van der Waals surface area contributed by atoms with Crippen molar-refractivity contribution in [1.82, 2.24) is 0 Å². The molecular weight excluding hydrogens is 202 g/mol. The fraction of sp³-hybridized carbons (Fsp3) is 0.538. The van der Waals surface area contributed by atoms with E-state index in [4.69, 9.17) is 5.73 Å². The van der Waals surface area contributed by atoms with Crippen molar-refractivity contribution < 1.29 is 0 Å². The van der Waals surface area contributed by atoms with Gasteiger partial charge in [0.05, 0.1) is 0 Å². The molecule has 0 radical (unpaired) electrons. The van der Waals surface area contributed by atoms with Gasteiger partial charge in [-0.15, -0.1) is 0 Å². The summed E-state index contributed by atoms with van der Waals surface area (Å²) in [5.41, 5.74) is 7.34. The molecule has 1 aromatic rings. The number of hydrogen-bond acceptors (Lipinski definition) is 2. The van der Waals surface area contributed by atoms with E-state index in [1.165, 1.54) is 30.6 Å². The molecule has 0 aliphatic heterocycles. The molecule has 0 saturated heterocycles. The maximum atomic E-state index is 6.09. The number of unbranched alkanes of at least 4 members (excludes halogenated alkanes) is 2. The zero-order valence-corrected chi connectivity index (χ0v) is 10.3. The van der Waals surface area contributed by atoms with Gasteiger partial charge in [0, 0.05) is 11.8 Å². The molecule has 0 fully saturated rings. The third kappa shape index (κ3) is 5.24. The first-order chi connectivity index (χ1) is 7.34. The monoisotopic (exact) mass is 223 g/mol. The molecule has 0 aromatic heterocycles. The summed E-state index contributed by atoms with van der Waals surface area (Å²) in [6.07, 6.45) is 3.96. The summed E-state index contributed by atoms with van der Waals surface area (Å²) in [7, 11) is 0. The van der Waals surface area contributed by atoms with Crippen LogP contribution in [0.3, 0.4) is 0 Å². The highest BCUT2D eigenvalue weighted by molar-refractivity contribution is 7.99. The predicted molar refractivity (Wildman–Crippen MR) is 70.2 cm³/mol. The highest BCUT2D eigenvalue weighted by atomic mass is 32.2. The Bertz CT molecular complexity index is 248. The molecule has 1 nitrogen and oxygen atoms in total. The molecule has 0 spiro atoms. The van der Waals surface area contributed by atoms with Crippen LogP contribution >= 0.6 is 11.8 Å². The molecule has 15 heavy (non-hydrogen) atoms. The molecule has 1 rings (SSSR count). The average Bonchev–Trinajstić information content (AvgIpc) is 2.30. The molecule has 2 heteroatoms. The lowest BCUT2D eigenvalue weighted by molar-refractivity contribution is 0.775. The van der Waals surface area contributed by atoms with Crippen LogP contribution in [0.2, 0.25) is 0 Å². The molecule has 84 valence electrons.